The van der Waals surface area contributed by atoms with Crippen LogP contribution < -0.4 is 10.0 Å². The zero-order valence-electron chi connectivity index (χ0n) is 16.0. The molecule has 150 valence electrons. The smallest absolute Gasteiger partial charge is 0.240 e. The van der Waals surface area contributed by atoms with Crippen LogP contribution in [0, 0.1) is 0 Å². The van der Waals surface area contributed by atoms with E-state index in [-0.39, 0.29) is 17.3 Å². The Balaban J connectivity index is 1.49. The highest BCUT2D eigenvalue weighted by atomic mass is 32.2. The number of sulfonamides is 1. The van der Waals surface area contributed by atoms with Crippen molar-refractivity contribution >= 4 is 21.6 Å². The molecule has 3 aromatic carbocycles. The highest BCUT2D eigenvalue weighted by molar-refractivity contribution is 7.89. The number of carbonyl (C=O) groups is 1. The molecule has 0 unspecified atom stereocenters. The molecule has 2 N–H and O–H groups in total. The third-order valence-electron chi connectivity index (χ3n) is 4.47. The van der Waals surface area contributed by atoms with Crippen LogP contribution >= 0.6 is 0 Å². The molecule has 0 fully saturated rings. The van der Waals surface area contributed by atoms with E-state index in [2.05, 4.69) is 10.0 Å². The summed E-state index contributed by atoms with van der Waals surface area (Å²) < 4.78 is 27.4. The summed E-state index contributed by atoms with van der Waals surface area (Å²) in [6.07, 6.45) is 2.01. The number of rotatable bonds is 9. The summed E-state index contributed by atoms with van der Waals surface area (Å²) in [4.78, 5) is 12.3. The van der Waals surface area contributed by atoms with Crippen LogP contribution in [0.2, 0.25) is 0 Å². The van der Waals surface area contributed by atoms with Gasteiger partial charge in [0, 0.05) is 18.7 Å². The lowest BCUT2D eigenvalue weighted by Gasteiger charge is -2.09. The van der Waals surface area contributed by atoms with E-state index in [9.17, 15) is 13.2 Å². The van der Waals surface area contributed by atoms with Gasteiger partial charge < -0.3 is 5.32 Å². The largest absolute Gasteiger partial charge is 0.326 e. The van der Waals surface area contributed by atoms with Crippen LogP contribution in [0.5, 0.6) is 0 Å². The normalized spacial score (nSPS) is 11.2. The second-order valence-corrected chi connectivity index (χ2v) is 8.49. The molecule has 0 bridgehead atoms. The molecule has 5 nitrogen and oxygen atoms in total. The van der Waals surface area contributed by atoms with Crippen LogP contribution in [0.3, 0.4) is 0 Å². The summed E-state index contributed by atoms with van der Waals surface area (Å²) in [6.45, 7) is 0.225. The highest BCUT2D eigenvalue weighted by Gasteiger charge is 2.13. The predicted octanol–water partition coefficient (Wildman–Crippen LogP) is 4.13. The molecule has 0 aliphatic carbocycles. The standard InChI is InChI=1S/C23H24N2O3S/c26-23(13-7-12-19-8-3-1-4-9-19)25-21-14-16-22(17-15-21)29(27,28)24-18-20-10-5-2-6-11-20/h1-6,8-11,14-17,24H,7,12-13,18H2,(H,25,26). The molecule has 0 radical (unpaired) electrons. The third-order valence-corrected chi connectivity index (χ3v) is 5.89. The van der Waals surface area contributed by atoms with E-state index in [1.165, 1.54) is 17.7 Å². The number of nitrogens with one attached hydrogen (secondary N) is 2. The second-order valence-electron chi connectivity index (χ2n) is 6.72. The van der Waals surface area contributed by atoms with Gasteiger partial charge in [-0.15, -0.1) is 0 Å². The van der Waals surface area contributed by atoms with E-state index in [0.29, 0.717) is 12.1 Å². The molecule has 0 aliphatic rings. The Morgan fingerprint density at radius 2 is 1.34 bits per heavy atom. The Hall–Kier alpha value is -2.96. The Bertz CT molecular complexity index is 1020. The van der Waals surface area contributed by atoms with E-state index in [1.807, 2.05) is 60.7 Å². The van der Waals surface area contributed by atoms with Crippen LogP contribution in [-0.2, 0) is 27.8 Å². The molecular formula is C23H24N2O3S. The van der Waals surface area contributed by atoms with Crippen LogP contribution in [0.4, 0.5) is 5.69 Å². The summed E-state index contributed by atoms with van der Waals surface area (Å²) >= 11 is 0. The average molecular weight is 409 g/mol. The highest BCUT2D eigenvalue weighted by Crippen LogP contribution is 2.15. The van der Waals surface area contributed by atoms with Gasteiger partial charge in [0.05, 0.1) is 4.90 Å². The average Bonchev–Trinajstić information content (AvgIpc) is 2.74. The number of benzene rings is 3. The SMILES string of the molecule is O=C(CCCc1ccccc1)Nc1ccc(S(=O)(=O)NCc2ccccc2)cc1. The summed E-state index contributed by atoms with van der Waals surface area (Å²) in [7, 11) is -3.61. The van der Waals surface area contributed by atoms with Gasteiger partial charge in [0.1, 0.15) is 0 Å². The number of aryl methyl sites for hydroxylation is 1. The van der Waals surface area contributed by atoms with Crippen molar-refractivity contribution in [1.29, 1.82) is 0 Å². The zero-order chi connectivity index (χ0) is 20.5. The topological polar surface area (TPSA) is 75.3 Å². The molecule has 0 heterocycles. The minimum Gasteiger partial charge on any atom is -0.326 e. The van der Waals surface area contributed by atoms with Gasteiger partial charge in [-0.05, 0) is 48.2 Å². The molecule has 0 aromatic heterocycles. The van der Waals surface area contributed by atoms with Crippen molar-refractivity contribution in [2.24, 2.45) is 0 Å². The fraction of sp³-hybridized carbons (Fsp3) is 0.174. The molecule has 1 amide bonds. The monoisotopic (exact) mass is 408 g/mol. The number of hydrogen-bond acceptors (Lipinski definition) is 3. The molecular weight excluding hydrogens is 384 g/mol. The van der Waals surface area contributed by atoms with Gasteiger partial charge >= 0.3 is 0 Å². The fourth-order valence-corrected chi connectivity index (χ4v) is 3.91. The first-order valence-electron chi connectivity index (χ1n) is 9.50. The van der Waals surface area contributed by atoms with Gasteiger partial charge in [0.15, 0.2) is 0 Å². The first-order valence-corrected chi connectivity index (χ1v) is 11.0. The van der Waals surface area contributed by atoms with Gasteiger partial charge in [-0.25, -0.2) is 13.1 Å². The molecule has 0 aliphatic heterocycles. The van der Waals surface area contributed by atoms with Crippen molar-refractivity contribution in [2.45, 2.75) is 30.7 Å². The van der Waals surface area contributed by atoms with E-state index in [1.54, 1.807) is 12.1 Å². The lowest BCUT2D eigenvalue weighted by molar-refractivity contribution is -0.116. The van der Waals surface area contributed by atoms with E-state index in [0.717, 1.165) is 18.4 Å². The van der Waals surface area contributed by atoms with Gasteiger partial charge in [-0.1, -0.05) is 60.7 Å². The van der Waals surface area contributed by atoms with Crippen molar-refractivity contribution in [3.05, 3.63) is 96.1 Å². The van der Waals surface area contributed by atoms with Gasteiger partial charge in [-0.2, -0.15) is 0 Å². The van der Waals surface area contributed by atoms with Crippen molar-refractivity contribution in [3.63, 3.8) is 0 Å². The van der Waals surface area contributed by atoms with E-state index < -0.39 is 10.0 Å². The number of amides is 1. The Kier molecular flexibility index (Phi) is 7.16. The third kappa shape index (κ3) is 6.55. The molecule has 29 heavy (non-hydrogen) atoms. The van der Waals surface area contributed by atoms with Crippen molar-refractivity contribution in [2.75, 3.05) is 5.32 Å². The van der Waals surface area contributed by atoms with Crippen LogP contribution in [0.15, 0.2) is 89.8 Å². The molecule has 0 atom stereocenters. The zero-order valence-corrected chi connectivity index (χ0v) is 16.9. The molecule has 6 heteroatoms. The first-order chi connectivity index (χ1) is 14.0. The van der Waals surface area contributed by atoms with Crippen molar-refractivity contribution < 1.29 is 13.2 Å². The Morgan fingerprint density at radius 1 is 0.759 bits per heavy atom. The molecule has 0 spiro atoms. The fourth-order valence-electron chi connectivity index (χ4n) is 2.90. The Morgan fingerprint density at radius 3 is 1.97 bits per heavy atom. The lowest BCUT2D eigenvalue weighted by atomic mass is 10.1. The lowest BCUT2D eigenvalue weighted by Crippen LogP contribution is -2.23. The van der Waals surface area contributed by atoms with Crippen molar-refractivity contribution in [1.82, 2.24) is 4.72 Å². The first kappa shape index (κ1) is 20.8. The maximum Gasteiger partial charge on any atom is 0.240 e. The van der Waals surface area contributed by atoms with Gasteiger partial charge in [-0.3, -0.25) is 4.79 Å². The molecule has 0 saturated carbocycles. The Labute approximate surface area is 171 Å². The van der Waals surface area contributed by atoms with Gasteiger partial charge in [0.2, 0.25) is 15.9 Å². The minimum absolute atomic E-state index is 0.0845. The number of hydrogen-bond donors (Lipinski definition) is 2. The minimum atomic E-state index is -3.61. The maximum absolute atomic E-state index is 12.4. The number of anilines is 1. The quantitative estimate of drug-likeness (QED) is 0.559. The van der Waals surface area contributed by atoms with Crippen LogP contribution in [0.1, 0.15) is 24.0 Å². The van der Waals surface area contributed by atoms with Crippen LogP contribution in [-0.4, -0.2) is 14.3 Å². The van der Waals surface area contributed by atoms with Gasteiger partial charge in [0.25, 0.3) is 0 Å². The van der Waals surface area contributed by atoms with Crippen LogP contribution in [0.25, 0.3) is 0 Å². The summed E-state index contributed by atoms with van der Waals surface area (Å²) in [5.41, 5.74) is 2.67. The summed E-state index contributed by atoms with van der Waals surface area (Å²) in [5.74, 6) is -0.0845. The molecule has 3 aromatic rings. The van der Waals surface area contributed by atoms with E-state index >= 15 is 0 Å². The number of carbonyl (C=O) groups excluding carboxylic acids is 1. The summed E-state index contributed by atoms with van der Waals surface area (Å²) in [5, 5.41) is 2.81. The van der Waals surface area contributed by atoms with Crippen molar-refractivity contribution in [3.8, 4) is 0 Å². The maximum atomic E-state index is 12.4. The van der Waals surface area contributed by atoms with E-state index in [4.69, 9.17) is 0 Å². The molecule has 3 rings (SSSR count). The predicted molar refractivity (Wildman–Crippen MR) is 115 cm³/mol. The molecule has 0 saturated heterocycles. The summed E-state index contributed by atoms with van der Waals surface area (Å²) in [6, 6.07) is 25.5. The second kappa shape index (κ2) is 10.0.